The molecule has 0 unspecified atom stereocenters. The van der Waals surface area contributed by atoms with Gasteiger partial charge in [-0.3, -0.25) is 0 Å². The van der Waals surface area contributed by atoms with Crippen LogP contribution in [0.3, 0.4) is 0 Å². The molecule has 1 heterocycles. The fourth-order valence-electron chi connectivity index (χ4n) is 2.74. The molecule has 0 radical (unpaired) electrons. The number of nitrogens with two attached hydrogens (primary N) is 1. The highest BCUT2D eigenvalue weighted by Gasteiger charge is 2.20. The van der Waals surface area contributed by atoms with E-state index in [1.807, 2.05) is 0 Å². The van der Waals surface area contributed by atoms with Crippen molar-refractivity contribution in [3.8, 4) is 0 Å². The van der Waals surface area contributed by atoms with Gasteiger partial charge in [-0.25, -0.2) is 0 Å². The lowest BCUT2D eigenvalue weighted by Crippen LogP contribution is -2.38. The first kappa shape index (κ1) is 18.5. The van der Waals surface area contributed by atoms with Crippen LogP contribution in [-0.2, 0) is 0 Å². The topological polar surface area (TPSA) is 29.3 Å². The van der Waals surface area contributed by atoms with Crippen LogP contribution in [0.15, 0.2) is 12.8 Å². The van der Waals surface area contributed by atoms with Crippen molar-refractivity contribution in [1.82, 2.24) is 4.90 Å². The molecule has 2 heteroatoms. The number of piperidine rings is 1. The number of hydrogen-bond donors (Lipinski definition) is 1. The molecule has 2 nitrogen and oxygen atoms in total. The first-order valence-corrected chi connectivity index (χ1v) is 8.07. The van der Waals surface area contributed by atoms with Crippen LogP contribution in [0, 0.1) is 11.8 Å². The third-order valence-electron chi connectivity index (χ3n) is 4.02. The maximum absolute atomic E-state index is 4.61. The van der Waals surface area contributed by atoms with Crippen molar-refractivity contribution >= 4 is 0 Å². The summed E-state index contributed by atoms with van der Waals surface area (Å²) in [5.41, 5.74) is 4.61. The zero-order chi connectivity index (χ0) is 14.7. The van der Waals surface area contributed by atoms with Gasteiger partial charge in [-0.15, -0.1) is 0 Å². The first-order valence-electron chi connectivity index (χ1n) is 8.07. The molecule has 19 heavy (non-hydrogen) atoms. The number of nitrogens with zero attached hydrogens (tertiary/aromatic N) is 1. The second kappa shape index (κ2) is 11.3. The van der Waals surface area contributed by atoms with Gasteiger partial charge >= 0.3 is 0 Å². The standard InChI is InChI=1S/C15H31N.C2H5N/c1-13(2)7-5-6-8-15-9-11-16(12-10-15)14(3)4;1-2-3/h13-15H,5-12H2,1-4H3;2H,1,3H2. The Morgan fingerprint density at radius 3 is 2.11 bits per heavy atom. The van der Waals surface area contributed by atoms with Crippen molar-refractivity contribution < 1.29 is 0 Å². The summed E-state index contributed by atoms with van der Waals surface area (Å²) in [6.45, 7) is 15.1. The summed E-state index contributed by atoms with van der Waals surface area (Å²) in [6.07, 6.45) is 9.95. The van der Waals surface area contributed by atoms with Crippen LogP contribution in [0.5, 0.6) is 0 Å². The van der Waals surface area contributed by atoms with Gasteiger partial charge in [0.05, 0.1) is 0 Å². The molecular weight excluding hydrogens is 232 g/mol. The molecule has 0 amide bonds. The van der Waals surface area contributed by atoms with Gasteiger partial charge in [0.15, 0.2) is 0 Å². The highest BCUT2D eigenvalue weighted by molar-refractivity contribution is 4.74. The summed E-state index contributed by atoms with van der Waals surface area (Å²) in [5.74, 6) is 1.92. The summed E-state index contributed by atoms with van der Waals surface area (Å²) >= 11 is 0. The van der Waals surface area contributed by atoms with Gasteiger partial charge in [0.2, 0.25) is 0 Å². The SMILES string of the molecule is C=CN.CC(C)CCCCC1CCN(C(C)C)CC1. The molecule has 0 bridgehead atoms. The van der Waals surface area contributed by atoms with Gasteiger partial charge in [-0.2, -0.15) is 0 Å². The molecule has 1 aliphatic heterocycles. The lowest BCUT2D eigenvalue weighted by molar-refractivity contribution is 0.144. The van der Waals surface area contributed by atoms with E-state index in [4.69, 9.17) is 0 Å². The van der Waals surface area contributed by atoms with E-state index < -0.39 is 0 Å². The quantitative estimate of drug-likeness (QED) is 0.723. The molecule has 1 fully saturated rings. The van der Waals surface area contributed by atoms with Crippen molar-refractivity contribution in [2.24, 2.45) is 17.6 Å². The number of rotatable bonds is 6. The normalized spacial score (nSPS) is 17.4. The third-order valence-corrected chi connectivity index (χ3v) is 4.02. The molecule has 1 saturated heterocycles. The van der Waals surface area contributed by atoms with Crippen LogP contribution in [0.1, 0.15) is 66.2 Å². The molecule has 0 aromatic rings. The van der Waals surface area contributed by atoms with Gasteiger partial charge < -0.3 is 10.6 Å². The Kier molecular flexibility index (Phi) is 11.0. The fraction of sp³-hybridized carbons (Fsp3) is 0.882. The Labute approximate surface area is 121 Å². The van der Waals surface area contributed by atoms with E-state index in [1.54, 1.807) is 0 Å². The van der Waals surface area contributed by atoms with E-state index in [1.165, 1.54) is 57.8 Å². The number of unbranched alkanes of at least 4 members (excludes halogenated alkanes) is 1. The summed E-state index contributed by atoms with van der Waals surface area (Å²) in [7, 11) is 0. The maximum Gasteiger partial charge on any atom is 0.00385 e. The first-order chi connectivity index (χ1) is 9.01. The molecular formula is C17H36N2. The van der Waals surface area contributed by atoms with E-state index >= 15 is 0 Å². The van der Waals surface area contributed by atoms with Crippen LogP contribution < -0.4 is 5.73 Å². The van der Waals surface area contributed by atoms with Crippen LogP contribution in [0.2, 0.25) is 0 Å². The molecule has 1 rings (SSSR count). The lowest BCUT2D eigenvalue weighted by atomic mass is 9.90. The van der Waals surface area contributed by atoms with Crippen molar-refractivity contribution in [2.75, 3.05) is 13.1 Å². The lowest BCUT2D eigenvalue weighted by Gasteiger charge is -2.34. The van der Waals surface area contributed by atoms with Crippen LogP contribution in [0.25, 0.3) is 0 Å². The predicted octanol–water partition coefficient (Wildman–Crippen LogP) is 4.41. The Morgan fingerprint density at radius 2 is 1.68 bits per heavy atom. The van der Waals surface area contributed by atoms with Crippen LogP contribution in [0.4, 0.5) is 0 Å². The van der Waals surface area contributed by atoms with Gasteiger partial charge in [0, 0.05) is 6.04 Å². The molecule has 2 N–H and O–H groups in total. The highest BCUT2D eigenvalue weighted by atomic mass is 15.1. The van der Waals surface area contributed by atoms with Crippen LogP contribution in [-0.4, -0.2) is 24.0 Å². The van der Waals surface area contributed by atoms with E-state index in [9.17, 15) is 0 Å². The van der Waals surface area contributed by atoms with Gasteiger partial charge in [-0.1, -0.05) is 46.1 Å². The van der Waals surface area contributed by atoms with E-state index in [0.717, 1.165) is 17.9 Å². The fourth-order valence-corrected chi connectivity index (χ4v) is 2.74. The van der Waals surface area contributed by atoms with Gasteiger partial charge in [0.25, 0.3) is 0 Å². The van der Waals surface area contributed by atoms with Crippen LogP contribution >= 0.6 is 0 Å². The Hall–Kier alpha value is -0.500. The zero-order valence-corrected chi connectivity index (χ0v) is 13.7. The summed E-state index contributed by atoms with van der Waals surface area (Å²) < 4.78 is 0. The second-order valence-corrected chi connectivity index (χ2v) is 6.49. The average molecular weight is 268 g/mol. The largest absolute Gasteiger partial charge is 0.405 e. The molecule has 0 aromatic carbocycles. The van der Waals surface area contributed by atoms with E-state index in [2.05, 4.69) is 44.9 Å². The van der Waals surface area contributed by atoms with Gasteiger partial charge in [-0.05, 0) is 57.8 Å². The molecule has 0 atom stereocenters. The minimum absolute atomic E-state index is 0.752. The van der Waals surface area contributed by atoms with E-state index in [0.29, 0.717) is 0 Å². The third kappa shape index (κ3) is 10.0. The zero-order valence-electron chi connectivity index (χ0n) is 13.7. The van der Waals surface area contributed by atoms with Crippen molar-refractivity contribution in [3.05, 3.63) is 12.8 Å². The Balaban J connectivity index is 0.000000982. The Morgan fingerprint density at radius 1 is 1.16 bits per heavy atom. The molecule has 114 valence electrons. The Bertz CT molecular complexity index is 203. The monoisotopic (exact) mass is 268 g/mol. The minimum Gasteiger partial charge on any atom is -0.405 e. The molecule has 0 saturated carbocycles. The van der Waals surface area contributed by atoms with E-state index in [-0.39, 0.29) is 0 Å². The summed E-state index contributed by atoms with van der Waals surface area (Å²) in [4.78, 5) is 2.63. The van der Waals surface area contributed by atoms with Crippen molar-refractivity contribution in [3.63, 3.8) is 0 Å². The second-order valence-electron chi connectivity index (χ2n) is 6.49. The predicted molar refractivity (Wildman–Crippen MR) is 87.1 cm³/mol. The number of likely N-dealkylation sites (tertiary alicyclic amines) is 1. The average Bonchev–Trinajstić information content (AvgIpc) is 2.36. The van der Waals surface area contributed by atoms with Crippen molar-refractivity contribution in [2.45, 2.75) is 72.3 Å². The molecule has 0 aliphatic carbocycles. The highest BCUT2D eigenvalue weighted by Crippen LogP contribution is 2.24. The molecule has 0 aromatic heterocycles. The maximum atomic E-state index is 4.61. The summed E-state index contributed by atoms with van der Waals surface area (Å²) in [6, 6.07) is 0.752. The molecule has 1 aliphatic rings. The smallest absolute Gasteiger partial charge is 0.00385 e. The van der Waals surface area contributed by atoms with Gasteiger partial charge in [0.1, 0.15) is 0 Å². The minimum atomic E-state index is 0.752. The number of hydrogen-bond acceptors (Lipinski definition) is 2. The van der Waals surface area contributed by atoms with Crippen molar-refractivity contribution in [1.29, 1.82) is 0 Å². The summed E-state index contributed by atoms with van der Waals surface area (Å²) in [5, 5.41) is 0. The molecule has 0 spiro atoms.